The number of aromatic amines is 1. The summed E-state index contributed by atoms with van der Waals surface area (Å²) in [4.78, 5) is 14.4. The lowest BCUT2D eigenvalue weighted by Crippen LogP contribution is -2.16. The number of ether oxygens (including phenoxy) is 2. The molecular weight excluding hydrogens is 425 g/mol. The summed E-state index contributed by atoms with van der Waals surface area (Å²) in [6.45, 7) is -0.180. The topological polar surface area (TPSA) is 125 Å². The number of nitriles is 2. The van der Waals surface area contributed by atoms with Gasteiger partial charge in [0, 0.05) is 11.1 Å². The Morgan fingerprint density at radius 1 is 1.09 bits per heavy atom. The van der Waals surface area contributed by atoms with Crippen molar-refractivity contribution in [1.29, 1.82) is 10.5 Å². The van der Waals surface area contributed by atoms with Crippen LogP contribution in [0.2, 0.25) is 0 Å². The zero-order chi connectivity index (χ0) is 23.5. The molecule has 1 heterocycles. The van der Waals surface area contributed by atoms with Crippen LogP contribution in [0.15, 0.2) is 47.3 Å². The third-order valence-electron chi connectivity index (χ3n) is 4.59. The lowest BCUT2D eigenvalue weighted by molar-refractivity contribution is -0.137. The van der Waals surface area contributed by atoms with Crippen LogP contribution >= 0.6 is 0 Å². The number of hydrogen-bond donors (Lipinski definition) is 2. The zero-order valence-electron chi connectivity index (χ0n) is 16.6. The monoisotopic (exact) mass is 440 g/mol. The van der Waals surface area contributed by atoms with Crippen molar-refractivity contribution in [3.63, 3.8) is 0 Å². The first-order chi connectivity index (χ1) is 15.2. The van der Waals surface area contributed by atoms with Gasteiger partial charge in [-0.25, -0.2) is 0 Å². The van der Waals surface area contributed by atoms with Gasteiger partial charge in [-0.2, -0.15) is 23.7 Å². The Hall–Kier alpha value is -4.44. The van der Waals surface area contributed by atoms with Gasteiger partial charge in [-0.3, -0.25) is 4.79 Å². The Labute approximate surface area is 180 Å². The molecule has 162 valence electrons. The molecule has 3 aromatic rings. The molecule has 0 unspecified atom stereocenters. The minimum Gasteiger partial charge on any atom is -0.496 e. The van der Waals surface area contributed by atoms with Gasteiger partial charge < -0.3 is 20.2 Å². The van der Waals surface area contributed by atoms with E-state index in [0.717, 1.165) is 12.1 Å². The number of halogens is 3. The number of hydrogen-bond acceptors (Lipinski definition) is 6. The number of nitrogens with one attached hydrogen (secondary N) is 1. The molecule has 0 saturated heterocycles. The highest BCUT2D eigenvalue weighted by molar-refractivity contribution is 5.80. The van der Waals surface area contributed by atoms with E-state index >= 15 is 0 Å². The number of H-pyrrole nitrogens is 1. The predicted molar refractivity (Wildman–Crippen MR) is 109 cm³/mol. The molecule has 0 fully saturated rings. The van der Waals surface area contributed by atoms with Gasteiger partial charge in [-0.15, -0.1) is 0 Å². The first-order valence-corrected chi connectivity index (χ1v) is 9.03. The highest BCUT2D eigenvalue weighted by Crippen LogP contribution is 2.34. The Bertz CT molecular complexity index is 1320. The molecule has 3 N–H and O–H groups in total. The molecule has 3 rings (SSSR count). The molecule has 0 bridgehead atoms. The van der Waals surface area contributed by atoms with Crippen LogP contribution < -0.4 is 20.8 Å². The number of methoxy groups -OCH3 is 1. The molecule has 0 spiro atoms. The largest absolute Gasteiger partial charge is 0.496 e. The molecular formula is C22H15F3N4O3. The van der Waals surface area contributed by atoms with Gasteiger partial charge in [0.1, 0.15) is 47.2 Å². The maximum Gasteiger partial charge on any atom is 0.416 e. The van der Waals surface area contributed by atoms with E-state index in [-0.39, 0.29) is 34.9 Å². The van der Waals surface area contributed by atoms with Gasteiger partial charge in [0.05, 0.1) is 12.7 Å². The number of pyridine rings is 1. The Balaban J connectivity index is 2.05. The number of alkyl halides is 3. The van der Waals surface area contributed by atoms with Crippen LogP contribution in [0.4, 0.5) is 19.0 Å². The quantitative estimate of drug-likeness (QED) is 0.618. The van der Waals surface area contributed by atoms with E-state index in [0.29, 0.717) is 16.9 Å². The standard InChI is InChI=1S/C22H15F3N4O3/c1-31-18-6-5-12(19-16(9-26)20(28)29-21(30)17(19)10-27)7-13(18)11-32-15-4-2-3-14(8-15)22(23,24)25/h2-8H,11H2,1H3,(H3,28,29,30). The molecule has 7 nitrogen and oxygen atoms in total. The summed E-state index contributed by atoms with van der Waals surface area (Å²) in [5.74, 6) is 0.155. The molecule has 0 saturated carbocycles. The summed E-state index contributed by atoms with van der Waals surface area (Å²) in [5, 5.41) is 18.9. The number of nitrogens with zero attached hydrogens (tertiary/aromatic N) is 2. The minimum absolute atomic E-state index is 0.0110. The maximum atomic E-state index is 12.9. The summed E-state index contributed by atoms with van der Waals surface area (Å²) >= 11 is 0. The van der Waals surface area contributed by atoms with Crippen molar-refractivity contribution in [1.82, 2.24) is 4.98 Å². The fraction of sp³-hybridized carbons (Fsp3) is 0.136. The normalized spacial score (nSPS) is 10.8. The fourth-order valence-corrected chi connectivity index (χ4v) is 3.10. The van der Waals surface area contributed by atoms with Crippen molar-refractivity contribution in [3.05, 3.63) is 75.1 Å². The van der Waals surface area contributed by atoms with Crippen molar-refractivity contribution < 1.29 is 22.6 Å². The van der Waals surface area contributed by atoms with E-state index in [4.69, 9.17) is 15.2 Å². The van der Waals surface area contributed by atoms with E-state index in [2.05, 4.69) is 4.98 Å². The van der Waals surface area contributed by atoms with Crippen molar-refractivity contribution in [2.45, 2.75) is 12.8 Å². The third-order valence-corrected chi connectivity index (χ3v) is 4.59. The number of benzene rings is 2. The van der Waals surface area contributed by atoms with Crippen LogP contribution in [-0.4, -0.2) is 12.1 Å². The SMILES string of the molecule is COc1ccc(-c2c(C#N)c(N)[nH]c(=O)c2C#N)cc1COc1cccc(C(F)(F)F)c1. The highest BCUT2D eigenvalue weighted by Gasteiger charge is 2.30. The number of rotatable bonds is 5. The van der Waals surface area contributed by atoms with E-state index in [1.807, 2.05) is 6.07 Å². The van der Waals surface area contributed by atoms with Crippen LogP contribution in [-0.2, 0) is 12.8 Å². The van der Waals surface area contributed by atoms with Crippen molar-refractivity contribution in [3.8, 4) is 34.8 Å². The molecule has 10 heteroatoms. The molecule has 0 atom stereocenters. The highest BCUT2D eigenvalue weighted by atomic mass is 19.4. The van der Waals surface area contributed by atoms with Crippen LogP contribution in [0.1, 0.15) is 22.3 Å². The summed E-state index contributed by atoms with van der Waals surface area (Å²) in [6, 6.07) is 12.6. The molecule has 1 aromatic heterocycles. The van der Waals surface area contributed by atoms with E-state index in [1.54, 1.807) is 6.07 Å². The van der Waals surface area contributed by atoms with Gasteiger partial charge in [-0.1, -0.05) is 12.1 Å². The average molecular weight is 440 g/mol. The Morgan fingerprint density at radius 2 is 1.81 bits per heavy atom. The van der Waals surface area contributed by atoms with Gasteiger partial charge in [0.25, 0.3) is 5.56 Å². The summed E-state index contributed by atoms with van der Waals surface area (Å²) < 4.78 is 49.6. The second-order valence-corrected chi connectivity index (χ2v) is 6.56. The maximum absolute atomic E-state index is 12.9. The first-order valence-electron chi connectivity index (χ1n) is 9.03. The molecule has 2 aromatic carbocycles. The first kappa shape index (κ1) is 22.2. The summed E-state index contributed by atoms with van der Waals surface area (Å²) in [7, 11) is 1.40. The van der Waals surface area contributed by atoms with Gasteiger partial charge >= 0.3 is 6.18 Å². The minimum atomic E-state index is -4.52. The number of anilines is 1. The smallest absolute Gasteiger partial charge is 0.416 e. The molecule has 0 aliphatic heterocycles. The van der Waals surface area contributed by atoms with E-state index < -0.39 is 17.3 Å². The summed E-state index contributed by atoms with van der Waals surface area (Å²) in [6.07, 6.45) is -4.52. The molecule has 0 aliphatic rings. The lowest BCUT2D eigenvalue weighted by atomic mass is 9.95. The van der Waals surface area contributed by atoms with E-state index in [9.17, 15) is 28.5 Å². The van der Waals surface area contributed by atoms with E-state index in [1.165, 1.54) is 37.4 Å². The fourth-order valence-electron chi connectivity index (χ4n) is 3.10. The summed E-state index contributed by atoms with van der Waals surface area (Å²) in [5.41, 5.74) is 4.52. The van der Waals surface area contributed by atoms with Gasteiger partial charge in [0.2, 0.25) is 0 Å². The second kappa shape index (κ2) is 8.74. The molecule has 32 heavy (non-hydrogen) atoms. The van der Waals surface area contributed by atoms with Crippen LogP contribution in [0.5, 0.6) is 11.5 Å². The molecule has 0 radical (unpaired) electrons. The van der Waals surface area contributed by atoms with Crippen molar-refractivity contribution in [2.75, 3.05) is 12.8 Å². The van der Waals surface area contributed by atoms with Crippen molar-refractivity contribution >= 4 is 5.82 Å². The average Bonchev–Trinajstić information content (AvgIpc) is 2.76. The molecule has 0 aliphatic carbocycles. The Morgan fingerprint density at radius 3 is 2.44 bits per heavy atom. The van der Waals surface area contributed by atoms with Crippen LogP contribution in [0.25, 0.3) is 11.1 Å². The van der Waals surface area contributed by atoms with Gasteiger partial charge in [-0.05, 0) is 35.9 Å². The van der Waals surface area contributed by atoms with Crippen molar-refractivity contribution in [2.24, 2.45) is 0 Å². The van der Waals surface area contributed by atoms with Crippen LogP contribution in [0.3, 0.4) is 0 Å². The predicted octanol–water partition coefficient (Wildman–Crippen LogP) is 3.97. The third kappa shape index (κ3) is 4.35. The number of nitrogen functional groups attached to an aromatic ring is 1. The lowest BCUT2D eigenvalue weighted by Gasteiger charge is -2.15. The van der Waals surface area contributed by atoms with Gasteiger partial charge in [0.15, 0.2) is 0 Å². The zero-order valence-corrected chi connectivity index (χ0v) is 16.6. The molecule has 0 amide bonds. The Kier molecular flexibility index (Phi) is 6.08. The van der Waals surface area contributed by atoms with Crippen LogP contribution in [0, 0.1) is 22.7 Å². The second-order valence-electron chi connectivity index (χ2n) is 6.56. The number of nitrogens with two attached hydrogens (primary N) is 1. The number of aromatic nitrogens is 1.